The second-order valence-corrected chi connectivity index (χ2v) is 6.45. The molecule has 7 heteroatoms. The quantitative estimate of drug-likeness (QED) is 0.243. The zero-order valence-corrected chi connectivity index (χ0v) is 17.8. The molecule has 1 rings (SSSR count). The molecule has 0 aliphatic heterocycles. The first-order valence-electron chi connectivity index (χ1n) is 8.84. The summed E-state index contributed by atoms with van der Waals surface area (Å²) in [6, 6.07) is 0. The molecule has 0 spiro atoms. The van der Waals surface area contributed by atoms with E-state index in [-0.39, 0.29) is 36.4 Å². The van der Waals surface area contributed by atoms with Crippen LogP contribution in [0.5, 0.6) is 0 Å². The van der Waals surface area contributed by atoms with Crippen LogP contribution in [0.25, 0.3) is 0 Å². The highest BCUT2D eigenvalue weighted by Crippen LogP contribution is 2.26. The Morgan fingerprint density at radius 2 is 1.83 bits per heavy atom. The van der Waals surface area contributed by atoms with E-state index in [1.165, 1.54) is 38.5 Å². The maximum atomic E-state index is 11.7. The van der Waals surface area contributed by atoms with Gasteiger partial charge in [0.25, 0.3) is 0 Å². The van der Waals surface area contributed by atoms with Crippen molar-refractivity contribution in [2.45, 2.75) is 44.9 Å². The minimum Gasteiger partial charge on any atom is -0.383 e. The van der Waals surface area contributed by atoms with Crippen LogP contribution in [-0.4, -0.2) is 64.2 Å². The number of guanidine groups is 1. The third kappa shape index (κ3) is 11.1. The number of nitrogens with one attached hydrogen (secondary N) is 2. The highest BCUT2D eigenvalue weighted by atomic mass is 127. The third-order valence-corrected chi connectivity index (χ3v) is 4.28. The minimum atomic E-state index is 0. The van der Waals surface area contributed by atoms with E-state index in [1.807, 2.05) is 0 Å². The molecule has 24 heavy (non-hydrogen) atoms. The maximum absolute atomic E-state index is 11.7. The van der Waals surface area contributed by atoms with Gasteiger partial charge in [-0.15, -0.1) is 24.0 Å². The Labute approximate surface area is 164 Å². The molecular formula is C17H35IN4O2. The van der Waals surface area contributed by atoms with Crippen molar-refractivity contribution in [2.24, 2.45) is 10.9 Å². The smallest absolute Gasteiger partial charge is 0.243 e. The van der Waals surface area contributed by atoms with Gasteiger partial charge in [0.1, 0.15) is 6.54 Å². The van der Waals surface area contributed by atoms with E-state index in [0.717, 1.165) is 18.9 Å². The number of amides is 1. The van der Waals surface area contributed by atoms with E-state index < -0.39 is 0 Å². The van der Waals surface area contributed by atoms with Gasteiger partial charge in [0.2, 0.25) is 5.91 Å². The summed E-state index contributed by atoms with van der Waals surface area (Å²) in [5.74, 6) is 1.60. The maximum Gasteiger partial charge on any atom is 0.243 e. The van der Waals surface area contributed by atoms with E-state index in [0.29, 0.717) is 19.1 Å². The van der Waals surface area contributed by atoms with Crippen LogP contribution in [0, 0.1) is 5.92 Å². The fourth-order valence-corrected chi connectivity index (χ4v) is 2.81. The number of rotatable bonds is 9. The van der Waals surface area contributed by atoms with Gasteiger partial charge in [0, 0.05) is 34.3 Å². The molecule has 0 saturated heterocycles. The van der Waals surface area contributed by atoms with Gasteiger partial charge < -0.3 is 20.3 Å². The van der Waals surface area contributed by atoms with Crippen molar-refractivity contribution in [1.82, 2.24) is 15.5 Å². The van der Waals surface area contributed by atoms with Gasteiger partial charge in [-0.25, -0.2) is 4.99 Å². The Morgan fingerprint density at radius 3 is 2.46 bits per heavy atom. The largest absolute Gasteiger partial charge is 0.383 e. The Hall–Kier alpha value is -0.570. The SMILES string of the molecule is COCCNC(=NCC(=O)N(C)C)NCCCC1CCCCC1.I. The zero-order valence-electron chi connectivity index (χ0n) is 15.5. The zero-order chi connectivity index (χ0) is 16.9. The predicted molar refractivity (Wildman–Crippen MR) is 110 cm³/mol. The number of carbonyl (C=O) groups is 1. The van der Waals surface area contributed by atoms with Gasteiger partial charge in [-0.3, -0.25) is 4.79 Å². The molecule has 0 bridgehead atoms. The highest BCUT2D eigenvalue weighted by molar-refractivity contribution is 14.0. The molecule has 142 valence electrons. The summed E-state index contributed by atoms with van der Waals surface area (Å²) < 4.78 is 5.04. The molecule has 2 N–H and O–H groups in total. The van der Waals surface area contributed by atoms with Crippen LogP contribution in [0.2, 0.25) is 0 Å². The number of methoxy groups -OCH3 is 1. The molecule has 0 unspecified atom stereocenters. The van der Waals surface area contributed by atoms with E-state index in [9.17, 15) is 4.79 Å². The second-order valence-electron chi connectivity index (χ2n) is 6.45. The average Bonchev–Trinajstić information content (AvgIpc) is 2.56. The van der Waals surface area contributed by atoms with Crippen molar-refractivity contribution in [3.63, 3.8) is 0 Å². The van der Waals surface area contributed by atoms with Crippen molar-refractivity contribution in [3.05, 3.63) is 0 Å². The van der Waals surface area contributed by atoms with E-state index in [1.54, 1.807) is 26.1 Å². The number of hydrogen-bond donors (Lipinski definition) is 2. The lowest BCUT2D eigenvalue weighted by Gasteiger charge is -2.21. The summed E-state index contributed by atoms with van der Waals surface area (Å²) in [6.45, 7) is 2.36. The summed E-state index contributed by atoms with van der Waals surface area (Å²) in [7, 11) is 5.16. The predicted octanol–water partition coefficient (Wildman–Crippen LogP) is 2.23. The lowest BCUT2D eigenvalue weighted by molar-refractivity contribution is -0.127. The van der Waals surface area contributed by atoms with Gasteiger partial charge in [-0.1, -0.05) is 32.1 Å². The number of aliphatic imine (C=N–C) groups is 1. The molecule has 0 aromatic rings. The normalized spacial score (nSPS) is 15.5. The average molecular weight is 454 g/mol. The Morgan fingerprint density at radius 1 is 1.17 bits per heavy atom. The minimum absolute atomic E-state index is 0. The molecule has 1 saturated carbocycles. The van der Waals surface area contributed by atoms with Gasteiger partial charge in [0.15, 0.2) is 5.96 Å². The lowest BCUT2D eigenvalue weighted by Crippen LogP contribution is -2.40. The Kier molecular flexibility index (Phi) is 14.4. The first kappa shape index (κ1) is 23.4. The monoisotopic (exact) mass is 454 g/mol. The fourth-order valence-electron chi connectivity index (χ4n) is 2.81. The van der Waals surface area contributed by atoms with E-state index in [4.69, 9.17) is 4.74 Å². The van der Waals surface area contributed by atoms with Crippen LogP contribution in [0.15, 0.2) is 4.99 Å². The summed E-state index contributed by atoms with van der Waals surface area (Å²) in [6.07, 6.45) is 9.43. The number of carbonyl (C=O) groups excluding carboxylic acids is 1. The number of hydrogen-bond acceptors (Lipinski definition) is 3. The molecule has 1 amide bonds. The lowest BCUT2D eigenvalue weighted by atomic mass is 9.86. The van der Waals surface area contributed by atoms with Crippen LogP contribution < -0.4 is 10.6 Å². The Balaban J connectivity index is 0.00000529. The van der Waals surface area contributed by atoms with Crippen LogP contribution >= 0.6 is 24.0 Å². The molecule has 0 atom stereocenters. The Bertz CT molecular complexity index is 358. The van der Waals surface area contributed by atoms with Crippen molar-refractivity contribution < 1.29 is 9.53 Å². The molecule has 0 heterocycles. The van der Waals surface area contributed by atoms with Crippen molar-refractivity contribution >= 4 is 35.8 Å². The topological polar surface area (TPSA) is 66.0 Å². The molecule has 0 aromatic heterocycles. The second kappa shape index (κ2) is 14.7. The highest BCUT2D eigenvalue weighted by Gasteiger charge is 2.12. The van der Waals surface area contributed by atoms with Gasteiger partial charge in [0.05, 0.1) is 6.61 Å². The third-order valence-electron chi connectivity index (χ3n) is 4.28. The summed E-state index contributed by atoms with van der Waals surface area (Å²) in [4.78, 5) is 17.6. The molecule has 0 radical (unpaired) electrons. The molecule has 1 aliphatic rings. The number of ether oxygens (including phenoxy) is 1. The van der Waals surface area contributed by atoms with Crippen LogP contribution in [0.1, 0.15) is 44.9 Å². The number of halogens is 1. The van der Waals surface area contributed by atoms with Crippen LogP contribution in [0.4, 0.5) is 0 Å². The molecule has 0 aromatic carbocycles. The van der Waals surface area contributed by atoms with Crippen molar-refractivity contribution in [3.8, 4) is 0 Å². The van der Waals surface area contributed by atoms with E-state index in [2.05, 4.69) is 15.6 Å². The van der Waals surface area contributed by atoms with Crippen molar-refractivity contribution in [1.29, 1.82) is 0 Å². The number of likely N-dealkylation sites (N-methyl/N-ethyl adjacent to an activating group) is 1. The van der Waals surface area contributed by atoms with Crippen LogP contribution in [0.3, 0.4) is 0 Å². The summed E-state index contributed by atoms with van der Waals surface area (Å²) in [5, 5.41) is 6.52. The molecule has 1 aliphatic carbocycles. The summed E-state index contributed by atoms with van der Waals surface area (Å²) >= 11 is 0. The molecular weight excluding hydrogens is 419 g/mol. The summed E-state index contributed by atoms with van der Waals surface area (Å²) in [5.41, 5.74) is 0. The van der Waals surface area contributed by atoms with Gasteiger partial charge in [-0.05, 0) is 18.8 Å². The van der Waals surface area contributed by atoms with Crippen LogP contribution in [-0.2, 0) is 9.53 Å². The van der Waals surface area contributed by atoms with Gasteiger partial charge >= 0.3 is 0 Å². The molecule has 1 fully saturated rings. The fraction of sp³-hybridized carbons (Fsp3) is 0.882. The van der Waals surface area contributed by atoms with Gasteiger partial charge in [-0.2, -0.15) is 0 Å². The van der Waals surface area contributed by atoms with Crippen molar-refractivity contribution in [2.75, 3.05) is 47.4 Å². The first-order chi connectivity index (χ1) is 11.1. The molecule has 6 nitrogen and oxygen atoms in total. The standard InChI is InChI=1S/C17H34N4O2.HI/c1-21(2)16(22)14-20-17(19-12-13-23-3)18-11-7-10-15-8-5-4-6-9-15;/h15H,4-14H2,1-3H3,(H2,18,19,20);1H. The van der Waals surface area contributed by atoms with E-state index >= 15 is 0 Å². The first-order valence-corrected chi connectivity index (χ1v) is 8.84. The number of nitrogens with zero attached hydrogens (tertiary/aromatic N) is 2.